The first-order valence-electron chi connectivity index (χ1n) is 7.03. The van der Waals surface area contributed by atoms with Gasteiger partial charge in [0.2, 0.25) is 0 Å². The van der Waals surface area contributed by atoms with E-state index in [0.717, 1.165) is 12.4 Å². The molecule has 1 aromatic heterocycles. The number of rotatable bonds is 4. The van der Waals surface area contributed by atoms with Crippen LogP contribution in [0.5, 0.6) is 0 Å². The van der Waals surface area contributed by atoms with Crippen molar-refractivity contribution >= 4 is 0 Å². The zero-order valence-electron chi connectivity index (χ0n) is 13.1. The third kappa shape index (κ3) is 4.17. The molecule has 0 spiro atoms. The summed E-state index contributed by atoms with van der Waals surface area (Å²) in [5.74, 6) is 0.838. The maximum atomic E-state index is 4.52. The smallest absolute Gasteiger partial charge is 0.164 e. The van der Waals surface area contributed by atoms with Crippen molar-refractivity contribution < 1.29 is 0 Å². The molecule has 0 saturated heterocycles. The number of hydrogen-bond donors (Lipinski definition) is 1. The van der Waals surface area contributed by atoms with Gasteiger partial charge in [-0.2, -0.15) is 5.10 Å². The molecule has 1 N–H and O–H groups in total. The Hall–Kier alpha value is -1.68. The standard InChI is InChI=1S/C16H24N4/c1-12-6-7-13(2)14(8-12)10-20-11-17-15(19-20)9-18-16(3,4)5/h6-8,11,18H,9-10H2,1-5H3. The van der Waals surface area contributed by atoms with Crippen LogP contribution in [-0.2, 0) is 13.1 Å². The van der Waals surface area contributed by atoms with Crippen LogP contribution in [0.2, 0.25) is 0 Å². The topological polar surface area (TPSA) is 42.7 Å². The molecule has 108 valence electrons. The highest BCUT2D eigenvalue weighted by Crippen LogP contribution is 2.12. The summed E-state index contributed by atoms with van der Waals surface area (Å²) in [4.78, 5) is 4.36. The highest BCUT2D eigenvalue weighted by Gasteiger charge is 2.10. The van der Waals surface area contributed by atoms with Crippen LogP contribution in [0.15, 0.2) is 24.5 Å². The Kier molecular flexibility index (Phi) is 4.23. The van der Waals surface area contributed by atoms with Crippen molar-refractivity contribution in [3.8, 4) is 0 Å². The van der Waals surface area contributed by atoms with Gasteiger partial charge in [-0.05, 0) is 45.7 Å². The lowest BCUT2D eigenvalue weighted by Gasteiger charge is -2.19. The molecule has 0 aliphatic carbocycles. The number of aryl methyl sites for hydroxylation is 2. The minimum atomic E-state index is 0.0819. The van der Waals surface area contributed by atoms with E-state index in [1.54, 1.807) is 6.33 Å². The molecular formula is C16H24N4. The van der Waals surface area contributed by atoms with E-state index >= 15 is 0 Å². The van der Waals surface area contributed by atoms with Crippen molar-refractivity contribution in [1.29, 1.82) is 0 Å². The minimum absolute atomic E-state index is 0.0819. The van der Waals surface area contributed by atoms with Crippen molar-refractivity contribution in [3.05, 3.63) is 47.0 Å². The zero-order valence-corrected chi connectivity index (χ0v) is 13.1. The van der Waals surface area contributed by atoms with E-state index in [-0.39, 0.29) is 5.54 Å². The number of benzene rings is 1. The van der Waals surface area contributed by atoms with Gasteiger partial charge in [0.05, 0.1) is 13.1 Å². The summed E-state index contributed by atoms with van der Waals surface area (Å²) in [5, 5.41) is 7.92. The SMILES string of the molecule is Cc1ccc(C)c(Cn2cnc(CNC(C)(C)C)n2)c1. The van der Waals surface area contributed by atoms with Gasteiger partial charge in [0.25, 0.3) is 0 Å². The lowest BCUT2D eigenvalue weighted by molar-refractivity contribution is 0.417. The van der Waals surface area contributed by atoms with Crippen LogP contribution in [0, 0.1) is 13.8 Å². The second kappa shape index (κ2) is 5.75. The molecule has 1 aromatic carbocycles. The summed E-state index contributed by atoms with van der Waals surface area (Å²) in [5.41, 5.74) is 3.95. The fourth-order valence-corrected chi connectivity index (χ4v) is 1.98. The molecule has 0 unspecified atom stereocenters. The molecule has 2 aromatic rings. The lowest BCUT2D eigenvalue weighted by atomic mass is 10.1. The van der Waals surface area contributed by atoms with Crippen molar-refractivity contribution in [1.82, 2.24) is 20.1 Å². The van der Waals surface area contributed by atoms with Gasteiger partial charge in [-0.1, -0.05) is 23.8 Å². The van der Waals surface area contributed by atoms with Gasteiger partial charge in [-0.25, -0.2) is 9.67 Å². The maximum Gasteiger partial charge on any atom is 0.164 e. The molecule has 20 heavy (non-hydrogen) atoms. The highest BCUT2D eigenvalue weighted by atomic mass is 15.3. The Morgan fingerprint density at radius 1 is 1.20 bits per heavy atom. The van der Waals surface area contributed by atoms with Crippen LogP contribution in [-0.4, -0.2) is 20.3 Å². The third-order valence-electron chi connectivity index (χ3n) is 3.20. The van der Waals surface area contributed by atoms with Gasteiger partial charge in [0.15, 0.2) is 5.82 Å². The van der Waals surface area contributed by atoms with Crippen LogP contribution >= 0.6 is 0 Å². The predicted octanol–water partition coefficient (Wildman–Crippen LogP) is 2.83. The fraction of sp³-hybridized carbons (Fsp3) is 0.500. The van der Waals surface area contributed by atoms with E-state index in [9.17, 15) is 0 Å². The molecule has 0 aliphatic rings. The molecule has 0 fully saturated rings. The van der Waals surface area contributed by atoms with E-state index in [1.165, 1.54) is 16.7 Å². The van der Waals surface area contributed by atoms with Crippen molar-refractivity contribution in [2.24, 2.45) is 0 Å². The normalized spacial score (nSPS) is 11.8. The summed E-state index contributed by atoms with van der Waals surface area (Å²) in [7, 11) is 0. The van der Waals surface area contributed by atoms with E-state index in [4.69, 9.17) is 0 Å². The average Bonchev–Trinajstić information content (AvgIpc) is 2.78. The van der Waals surface area contributed by atoms with Gasteiger partial charge in [0.1, 0.15) is 6.33 Å². The molecular weight excluding hydrogens is 248 g/mol. The van der Waals surface area contributed by atoms with E-state index in [2.05, 4.69) is 68.2 Å². The average molecular weight is 272 g/mol. The zero-order chi connectivity index (χ0) is 14.8. The summed E-state index contributed by atoms with van der Waals surface area (Å²) in [6.45, 7) is 12.1. The Morgan fingerprint density at radius 2 is 1.95 bits per heavy atom. The van der Waals surface area contributed by atoms with E-state index < -0.39 is 0 Å². The number of nitrogens with one attached hydrogen (secondary N) is 1. The van der Waals surface area contributed by atoms with Gasteiger partial charge in [-0.3, -0.25) is 0 Å². The number of aromatic nitrogens is 3. The largest absolute Gasteiger partial charge is 0.305 e. The van der Waals surface area contributed by atoms with E-state index in [1.807, 2.05) is 4.68 Å². The van der Waals surface area contributed by atoms with Crippen molar-refractivity contribution in [3.63, 3.8) is 0 Å². The van der Waals surface area contributed by atoms with Gasteiger partial charge >= 0.3 is 0 Å². The fourth-order valence-electron chi connectivity index (χ4n) is 1.98. The van der Waals surface area contributed by atoms with Crippen LogP contribution in [0.25, 0.3) is 0 Å². The highest BCUT2D eigenvalue weighted by molar-refractivity contribution is 5.30. The lowest BCUT2D eigenvalue weighted by Crippen LogP contribution is -2.35. The Bertz CT molecular complexity index is 578. The van der Waals surface area contributed by atoms with Gasteiger partial charge < -0.3 is 5.32 Å². The predicted molar refractivity (Wildman–Crippen MR) is 81.6 cm³/mol. The summed E-state index contributed by atoms with van der Waals surface area (Å²) in [6.07, 6.45) is 1.81. The quantitative estimate of drug-likeness (QED) is 0.930. The van der Waals surface area contributed by atoms with E-state index in [0.29, 0.717) is 6.54 Å². The molecule has 4 nitrogen and oxygen atoms in total. The Morgan fingerprint density at radius 3 is 2.65 bits per heavy atom. The molecule has 2 rings (SSSR count). The number of nitrogens with zero attached hydrogens (tertiary/aromatic N) is 3. The number of hydrogen-bond acceptors (Lipinski definition) is 3. The van der Waals surface area contributed by atoms with Crippen molar-refractivity contribution in [2.45, 2.75) is 53.2 Å². The maximum absolute atomic E-state index is 4.52. The van der Waals surface area contributed by atoms with Gasteiger partial charge in [-0.15, -0.1) is 0 Å². The molecule has 0 atom stereocenters. The van der Waals surface area contributed by atoms with Gasteiger partial charge in [0, 0.05) is 5.54 Å². The molecule has 0 amide bonds. The molecule has 0 bridgehead atoms. The van der Waals surface area contributed by atoms with Crippen LogP contribution in [0.4, 0.5) is 0 Å². The summed E-state index contributed by atoms with van der Waals surface area (Å²) in [6, 6.07) is 6.51. The van der Waals surface area contributed by atoms with Crippen molar-refractivity contribution in [2.75, 3.05) is 0 Å². The summed E-state index contributed by atoms with van der Waals surface area (Å²) < 4.78 is 1.90. The minimum Gasteiger partial charge on any atom is -0.305 e. The Balaban J connectivity index is 2.04. The van der Waals surface area contributed by atoms with Crippen LogP contribution in [0.3, 0.4) is 0 Å². The molecule has 0 radical (unpaired) electrons. The van der Waals surface area contributed by atoms with Crippen LogP contribution < -0.4 is 5.32 Å². The third-order valence-corrected chi connectivity index (χ3v) is 3.20. The molecule has 0 saturated carbocycles. The second-order valence-electron chi connectivity index (χ2n) is 6.39. The first kappa shape index (κ1) is 14.7. The van der Waals surface area contributed by atoms with Crippen LogP contribution in [0.1, 0.15) is 43.3 Å². The first-order chi connectivity index (χ1) is 9.33. The first-order valence-corrected chi connectivity index (χ1v) is 7.03. The molecule has 1 heterocycles. The summed E-state index contributed by atoms with van der Waals surface area (Å²) >= 11 is 0. The Labute approximate surface area is 121 Å². The monoisotopic (exact) mass is 272 g/mol. The molecule has 4 heteroatoms. The second-order valence-corrected chi connectivity index (χ2v) is 6.39. The molecule has 0 aliphatic heterocycles.